The Labute approximate surface area is 321 Å². The summed E-state index contributed by atoms with van der Waals surface area (Å²) >= 11 is 12.4. The number of nitrogens with zero attached hydrogens (tertiary/aromatic N) is 2. The summed E-state index contributed by atoms with van der Waals surface area (Å²) in [6.45, 7) is 9.90. The minimum atomic E-state index is -0.424. The second-order valence-corrected chi connectivity index (χ2v) is 15.3. The maximum Gasteiger partial charge on any atom is 0.495 e. The third kappa shape index (κ3) is 13.1. The van der Waals surface area contributed by atoms with Crippen LogP contribution in [-0.2, 0) is 35.0 Å². The molecule has 50 heavy (non-hydrogen) atoms. The van der Waals surface area contributed by atoms with E-state index >= 15 is 0 Å². The summed E-state index contributed by atoms with van der Waals surface area (Å²) in [5, 5.41) is 0. The molecule has 1 fully saturated rings. The monoisotopic (exact) mass is 836 g/mol. The largest absolute Gasteiger partial charge is 0.497 e. The lowest BCUT2D eigenvalue weighted by atomic mass is 9.79. The summed E-state index contributed by atoms with van der Waals surface area (Å²) in [5.41, 5.74) is 4.70. The normalized spacial score (nSPS) is 14.2. The minimum absolute atomic E-state index is 0.222. The van der Waals surface area contributed by atoms with E-state index in [0.717, 1.165) is 57.6 Å². The van der Waals surface area contributed by atoms with E-state index in [-0.39, 0.29) is 16.0 Å². The van der Waals surface area contributed by atoms with Crippen LogP contribution in [-0.4, -0.2) is 61.6 Å². The summed E-state index contributed by atoms with van der Waals surface area (Å²) < 4.78 is 34.4. The molecule has 3 heterocycles. The summed E-state index contributed by atoms with van der Waals surface area (Å²) in [6, 6.07) is 24.2. The predicted octanol–water partition coefficient (Wildman–Crippen LogP) is 8.48. The van der Waals surface area contributed by atoms with Crippen molar-refractivity contribution < 1.29 is 28.3 Å². The van der Waals surface area contributed by atoms with Gasteiger partial charge in [0.1, 0.15) is 16.3 Å². The van der Waals surface area contributed by atoms with Crippen molar-refractivity contribution in [3.05, 3.63) is 98.9 Å². The van der Waals surface area contributed by atoms with E-state index in [1.54, 1.807) is 35.4 Å². The van der Waals surface area contributed by atoms with Crippen LogP contribution in [0.15, 0.2) is 72.8 Å². The maximum atomic E-state index is 6.17. The minimum Gasteiger partial charge on any atom is -0.497 e. The molecule has 1 aliphatic heterocycles. The number of pyridine rings is 2. The van der Waals surface area contributed by atoms with E-state index in [1.165, 1.54) is 11.1 Å². The van der Waals surface area contributed by atoms with Crippen LogP contribution in [0.4, 0.5) is 0 Å². The predicted molar refractivity (Wildman–Crippen MR) is 212 cm³/mol. The Morgan fingerprint density at radius 2 is 1.04 bits per heavy atom. The van der Waals surface area contributed by atoms with Crippen LogP contribution in [0.1, 0.15) is 57.1 Å². The molecule has 1 aliphatic rings. The second-order valence-electron chi connectivity index (χ2n) is 12.6. The zero-order valence-electron chi connectivity index (χ0n) is 30.4. The fourth-order valence-corrected chi connectivity index (χ4v) is 5.44. The van der Waals surface area contributed by atoms with Gasteiger partial charge < -0.3 is 28.3 Å². The number of halogens is 3. The summed E-state index contributed by atoms with van der Waals surface area (Å²) in [5.74, 6) is 3.00. The Hall–Kier alpha value is -2.77. The molecule has 0 unspecified atom stereocenters. The van der Waals surface area contributed by atoms with Crippen LogP contribution in [0.5, 0.6) is 23.3 Å². The van der Waals surface area contributed by atoms with E-state index in [4.69, 9.17) is 51.5 Å². The van der Waals surface area contributed by atoms with Crippen molar-refractivity contribution in [2.24, 2.45) is 0 Å². The summed E-state index contributed by atoms with van der Waals surface area (Å²) in [6.07, 6.45) is 3.54. The number of aromatic nitrogens is 2. The third-order valence-electron chi connectivity index (χ3n) is 8.30. The van der Waals surface area contributed by atoms with E-state index < -0.39 is 7.12 Å². The average Bonchev–Trinajstić information content (AvgIpc) is 3.32. The molecule has 5 rings (SSSR count). The highest BCUT2D eigenvalue weighted by Crippen LogP contribution is 2.36. The van der Waals surface area contributed by atoms with E-state index in [0.29, 0.717) is 11.8 Å². The Balaban J connectivity index is 0.000000256. The Bertz CT molecular complexity index is 1610. The van der Waals surface area contributed by atoms with Gasteiger partial charge in [-0.2, -0.15) is 0 Å². The lowest BCUT2D eigenvalue weighted by molar-refractivity contribution is 0.00578. The number of benzene rings is 2. The van der Waals surface area contributed by atoms with Gasteiger partial charge in [0.15, 0.2) is 0 Å². The van der Waals surface area contributed by atoms with Gasteiger partial charge in [0.05, 0.1) is 39.6 Å². The fraction of sp³-hybridized carbons (Fsp3) is 0.421. The Kier molecular flexibility index (Phi) is 16.4. The van der Waals surface area contributed by atoms with Gasteiger partial charge in [-0.1, -0.05) is 24.3 Å². The first kappa shape index (κ1) is 41.7. The zero-order valence-corrected chi connectivity index (χ0v) is 34.1. The van der Waals surface area contributed by atoms with Crippen LogP contribution < -0.4 is 24.4 Å². The van der Waals surface area contributed by atoms with Gasteiger partial charge in [-0.15, -0.1) is 23.2 Å². The average molecular weight is 837 g/mol. The first-order valence-electron chi connectivity index (χ1n) is 16.3. The lowest BCUT2D eigenvalue weighted by Crippen LogP contribution is -2.41. The van der Waals surface area contributed by atoms with Crippen molar-refractivity contribution in [1.82, 2.24) is 9.97 Å². The number of hydrogen-bond donors (Lipinski definition) is 0. The van der Waals surface area contributed by atoms with Crippen molar-refractivity contribution in [1.29, 1.82) is 0 Å². The summed E-state index contributed by atoms with van der Waals surface area (Å²) in [7, 11) is 6.20. The molecular weight excluding hydrogens is 789 g/mol. The fourth-order valence-electron chi connectivity index (χ4n) is 4.82. The highest BCUT2D eigenvalue weighted by atomic mass is 127. The molecule has 1 saturated heterocycles. The SMILES string of the molecule is CC(Cl)Cl.COc1ccc(CCc2cc(B3OC(C)(C)C(C)(C)O3)cc(OC)n2)cc1.COc1ccc(CCc2cc(I)cc(OC)n2)cc1. The molecule has 12 heteroatoms. The molecule has 0 aliphatic carbocycles. The maximum absolute atomic E-state index is 6.17. The zero-order chi connectivity index (χ0) is 36.9. The molecule has 0 saturated carbocycles. The van der Waals surface area contributed by atoms with Crippen molar-refractivity contribution >= 4 is 58.4 Å². The number of hydrogen-bond acceptors (Lipinski definition) is 8. The molecule has 8 nitrogen and oxygen atoms in total. The molecule has 2 aromatic carbocycles. The number of alkyl halides is 2. The molecule has 0 spiro atoms. The van der Waals surface area contributed by atoms with Gasteiger partial charge in [0.25, 0.3) is 0 Å². The lowest BCUT2D eigenvalue weighted by Gasteiger charge is -2.32. The molecule has 270 valence electrons. The van der Waals surface area contributed by atoms with Gasteiger partial charge in [0, 0.05) is 27.1 Å². The second kappa shape index (κ2) is 19.7. The first-order valence-corrected chi connectivity index (χ1v) is 18.3. The van der Waals surface area contributed by atoms with Gasteiger partial charge in [0.2, 0.25) is 11.8 Å². The third-order valence-corrected chi connectivity index (χ3v) is 8.92. The van der Waals surface area contributed by atoms with Crippen LogP contribution in [0.3, 0.4) is 0 Å². The Morgan fingerprint density at radius 3 is 1.44 bits per heavy atom. The molecule has 0 radical (unpaired) electrons. The first-order chi connectivity index (χ1) is 23.7. The number of rotatable bonds is 11. The molecule has 0 atom stereocenters. The Morgan fingerprint density at radius 1 is 0.640 bits per heavy atom. The van der Waals surface area contributed by atoms with Crippen LogP contribution in [0.2, 0.25) is 0 Å². The van der Waals surface area contributed by atoms with E-state index in [9.17, 15) is 0 Å². The van der Waals surface area contributed by atoms with Crippen molar-refractivity contribution in [3.8, 4) is 23.3 Å². The number of ether oxygens (including phenoxy) is 4. The standard InChI is InChI=1S/C21H28BNO4.C15H16INO2.C2H4Cl2/c1-20(2)21(3,4)27-22(26-20)16-13-17(23-19(14-16)25-6)10-7-15-8-11-18(24-5)12-9-15;1-18-14-7-4-11(5-8-14)3-6-13-9-12(16)10-15(17-13)19-2;1-2(3)4/h8-9,11-14H,7,10H2,1-6H3;4-5,7-10H,3,6H2,1-2H3;2H,1H3. The molecule has 0 bridgehead atoms. The molecule has 4 aromatic rings. The molecule has 0 N–H and O–H groups in total. The number of methoxy groups -OCH3 is 4. The van der Waals surface area contributed by atoms with Gasteiger partial charge in [-0.05, 0) is 136 Å². The quantitative estimate of drug-likeness (QED) is 0.0847. The highest BCUT2D eigenvalue weighted by Gasteiger charge is 2.51. The molecule has 0 amide bonds. The molecular formula is C38H48BCl2IN2O6. The van der Waals surface area contributed by atoms with E-state index in [2.05, 4.69) is 90.6 Å². The van der Waals surface area contributed by atoms with Crippen molar-refractivity contribution in [3.63, 3.8) is 0 Å². The topological polar surface area (TPSA) is 81.2 Å². The van der Waals surface area contributed by atoms with Gasteiger partial charge >= 0.3 is 7.12 Å². The number of aryl methyl sites for hydroxylation is 4. The van der Waals surface area contributed by atoms with Gasteiger partial charge in [-0.25, -0.2) is 9.97 Å². The molecule has 2 aromatic heterocycles. The van der Waals surface area contributed by atoms with Gasteiger partial charge in [-0.3, -0.25) is 0 Å². The van der Waals surface area contributed by atoms with Crippen LogP contribution in [0.25, 0.3) is 0 Å². The van der Waals surface area contributed by atoms with Crippen molar-refractivity contribution in [2.45, 2.75) is 76.3 Å². The van der Waals surface area contributed by atoms with E-state index in [1.807, 2.05) is 42.5 Å². The smallest absolute Gasteiger partial charge is 0.495 e. The summed E-state index contributed by atoms with van der Waals surface area (Å²) in [4.78, 5) is 8.81. The van der Waals surface area contributed by atoms with Crippen LogP contribution >= 0.6 is 45.8 Å². The van der Waals surface area contributed by atoms with Crippen molar-refractivity contribution in [2.75, 3.05) is 28.4 Å². The highest BCUT2D eigenvalue weighted by molar-refractivity contribution is 14.1. The van der Waals surface area contributed by atoms with Crippen LogP contribution in [0, 0.1) is 3.57 Å².